The molecule has 0 aliphatic carbocycles. The summed E-state index contributed by atoms with van der Waals surface area (Å²) < 4.78 is 54.5. The number of rotatable bonds is 5. The molecule has 0 bridgehead atoms. The Morgan fingerprint density at radius 1 is 1.27 bits per heavy atom. The summed E-state index contributed by atoms with van der Waals surface area (Å²) in [5, 5.41) is 0. The zero-order valence-corrected chi connectivity index (χ0v) is 15.3. The lowest BCUT2D eigenvalue weighted by molar-refractivity contribution is -0.139. The number of nitrogens with zero attached hydrogens (tertiary/aromatic N) is 2. The fraction of sp³-hybridized carbons (Fsp3) is 0.529. The van der Waals surface area contributed by atoms with Crippen molar-refractivity contribution in [3.05, 3.63) is 35.6 Å². The van der Waals surface area contributed by atoms with Crippen LogP contribution in [-0.4, -0.2) is 52.4 Å². The Morgan fingerprint density at radius 2 is 1.88 bits per heavy atom. The van der Waals surface area contributed by atoms with Crippen LogP contribution < -0.4 is 0 Å². The van der Waals surface area contributed by atoms with Crippen molar-refractivity contribution in [3.8, 4) is 0 Å². The highest BCUT2D eigenvalue weighted by atomic mass is 32.2. The van der Waals surface area contributed by atoms with Crippen molar-refractivity contribution in [2.45, 2.75) is 37.6 Å². The maximum atomic E-state index is 13.1. The number of hydrogen-bond acceptors (Lipinski definition) is 3. The van der Waals surface area contributed by atoms with Crippen LogP contribution in [-0.2, 0) is 19.3 Å². The summed E-state index contributed by atoms with van der Waals surface area (Å²) in [6.45, 7) is 0.236. The van der Waals surface area contributed by atoms with Crippen molar-refractivity contribution >= 4 is 21.5 Å². The number of amides is 2. The highest BCUT2D eigenvalue weighted by Crippen LogP contribution is 2.30. The van der Waals surface area contributed by atoms with Crippen LogP contribution in [0.15, 0.2) is 28.6 Å². The molecular weight excluding hydrogens is 369 g/mol. The summed E-state index contributed by atoms with van der Waals surface area (Å²) in [6.07, 6.45) is 0.0253. The van der Waals surface area contributed by atoms with Crippen molar-refractivity contribution in [3.63, 3.8) is 0 Å². The van der Waals surface area contributed by atoms with E-state index in [1.165, 1.54) is 29.5 Å². The lowest BCUT2D eigenvalue weighted by atomic mass is 9.94. The van der Waals surface area contributed by atoms with Gasteiger partial charge in [-0.05, 0) is 30.5 Å². The zero-order valence-electron chi connectivity index (χ0n) is 14.5. The molecule has 26 heavy (non-hydrogen) atoms. The Balaban J connectivity index is 2.30. The van der Waals surface area contributed by atoms with Gasteiger partial charge in [0.1, 0.15) is 11.9 Å². The summed E-state index contributed by atoms with van der Waals surface area (Å²) in [7, 11) is -2.68. The van der Waals surface area contributed by atoms with E-state index < -0.39 is 52.2 Å². The van der Waals surface area contributed by atoms with Crippen molar-refractivity contribution in [1.82, 2.24) is 4.90 Å². The lowest BCUT2D eigenvalue weighted by Crippen LogP contribution is -2.43. The molecule has 1 aromatic carbocycles. The van der Waals surface area contributed by atoms with E-state index in [1.807, 2.05) is 0 Å². The maximum Gasteiger partial charge on any atom is 0.276 e. The number of carbonyl (C=O) groups is 2. The molecule has 1 aliphatic heterocycles. The molecule has 2 atom stereocenters. The largest absolute Gasteiger partial charge is 0.330 e. The predicted molar refractivity (Wildman–Crippen MR) is 91.9 cm³/mol. The number of halogens is 3. The molecule has 9 heteroatoms. The summed E-state index contributed by atoms with van der Waals surface area (Å²) in [5.41, 5.74) is 0.265. The monoisotopic (exact) mass is 390 g/mol. The molecule has 1 saturated heterocycles. The third-order valence-electron chi connectivity index (χ3n) is 4.12. The van der Waals surface area contributed by atoms with E-state index in [9.17, 15) is 27.0 Å². The standard InChI is InChI=1S/C17H21F3N2O3S/c1-26(2,25)21-16(23)14-4-3-9-22(14)17(24)13(10-15(19)20)11-5-7-12(18)8-6-11/h5-8,13-15H,3-4,9-10H2,1-2H3/t13?,14-/m0/s1. The predicted octanol–water partition coefficient (Wildman–Crippen LogP) is 2.81. The van der Waals surface area contributed by atoms with Gasteiger partial charge in [-0.3, -0.25) is 9.59 Å². The Kier molecular flexibility index (Phi) is 6.44. The van der Waals surface area contributed by atoms with Gasteiger partial charge in [0.2, 0.25) is 12.3 Å². The van der Waals surface area contributed by atoms with Gasteiger partial charge in [-0.15, -0.1) is 0 Å². The Hall–Kier alpha value is -1.90. The molecule has 1 fully saturated rings. The van der Waals surface area contributed by atoms with Gasteiger partial charge in [-0.25, -0.2) is 17.4 Å². The van der Waals surface area contributed by atoms with Crippen LogP contribution >= 0.6 is 0 Å². The van der Waals surface area contributed by atoms with E-state index in [0.29, 0.717) is 12.8 Å². The Labute approximate surface area is 150 Å². The van der Waals surface area contributed by atoms with E-state index in [2.05, 4.69) is 4.36 Å². The van der Waals surface area contributed by atoms with Crippen LogP contribution in [0.2, 0.25) is 0 Å². The highest BCUT2D eigenvalue weighted by molar-refractivity contribution is 7.92. The molecule has 2 amide bonds. The van der Waals surface area contributed by atoms with Gasteiger partial charge in [0, 0.05) is 35.2 Å². The molecule has 1 unspecified atom stereocenters. The number of carbonyl (C=O) groups excluding carboxylic acids is 2. The molecule has 0 spiro atoms. The number of alkyl halides is 2. The van der Waals surface area contributed by atoms with Crippen LogP contribution in [0.5, 0.6) is 0 Å². The minimum atomic E-state index is -2.74. The minimum absolute atomic E-state index is 0.236. The van der Waals surface area contributed by atoms with E-state index in [4.69, 9.17) is 0 Å². The van der Waals surface area contributed by atoms with Gasteiger partial charge in [0.05, 0.1) is 5.92 Å². The second-order valence-electron chi connectivity index (χ2n) is 6.53. The summed E-state index contributed by atoms with van der Waals surface area (Å²) in [4.78, 5) is 26.4. The van der Waals surface area contributed by atoms with Crippen molar-refractivity contribution in [2.75, 3.05) is 19.1 Å². The molecule has 0 N–H and O–H groups in total. The minimum Gasteiger partial charge on any atom is -0.330 e. The first-order valence-corrected chi connectivity index (χ1v) is 10.5. The van der Waals surface area contributed by atoms with Crippen molar-refractivity contribution in [2.24, 2.45) is 4.36 Å². The van der Waals surface area contributed by atoms with Gasteiger partial charge < -0.3 is 4.90 Å². The van der Waals surface area contributed by atoms with E-state index in [1.54, 1.807) is 0 Å². The Bertz CT molecular complexity index is 781. The quantitative estimate of drug-likeness (QED) is 0.777. The summed E-state index contributed by atoms with van der Waals surface area (Å²) in [5.74, 6) is -3.02. The first kappa shape index (κ1) is 20.4. The normalized spacial score (nSPS) is 18.8. The average molecular weight is 390 g/mol. The third kappa shape index (κ3) is 5.30. The van der Waals surface area contributed by atoms with E-state index >= 15 is 0 Å². The number of hydrogen-bond donors (Lipinski definition) is 0. The molecule has 1 aromatic rings. The van der Waals surface area contributed by atoms with Gasteiger partial charge in [0.25, 0.3) is 5.91 Å². The van der Waals surface area contributed by atoms with Crippen LogP contribution in [0.1, 0.15) is 30.7 Å². The molecule has 0 radical (unpaired) electrons. The van der Waals surface area contributed by atoms with E-state index in [0.717, 1.165) is 12.1 Å². The van der Waals surface area contributed by atoms with Crippen LogP contribution in [0.4, 0.5) is 13.2 Å². The van der Waals surface area contributed by atoms with Crippen molar-refractivity contribution in [1.29, 1.82) is 0 Å². The maximum absolute atomic E-state index is 13.1. The van der Waals surface area contributed by atoms with Crippen LogP contribution in [0.3, 0.4) is 0 Å². The third-order valence-corrected chi connectivity index (χ3v) is 4.73. The Morgan fingerprint density at radius 3 is 2.42 bits per heavy atom. The highest BCUT2D eigenvalue weighted by Gasteiger charge is 2.38. The fourth-order valence-corrected chi connectivity index (χ4v) is 3.57. The van der Waals surface area contributed by atoms with Gasteiger partial charge in [-0.1, -0.05) is 12.1 Å². The molecule has 5 nitrogen and oxygen atoms in total. The average Bonchev–Trinajstić information content (AvgIpc) is 3.01. The second-order valence-corrected chi connectivity index (χ2v) is 9.08. The summed E-state index contributed by atoms with van der Waals surface area (Å²) in [6, 6.07) is 3.90. The number of likely N-dealkylation sites (tertiary alicyclic amines) is 1. The molecular formula is C17H21F3N2O3S. The van der Waals surface area contributed by atoms with Crippen molar-refractivity contribution < 1.29 is 27.0 Å². The van der Waals surface area contributed by atoms with Crippen LogP contribution in [0.25, 0.3) is 0 Å². The second kappa shape index (κ2) is 8.20. The molecule has 0 aromatic heterocycles. The van der Waals surface area contributed by atoms with Crippen LogP contribution in [0, 0.1) is 5.82 Å². The van der Waals surface area contributed by atoms with Gasteiger partial charge >= 0.3 is 0 Å². The molecule has 0 saturated carbocycles. The fourth-order valence-electron chi connectivity index (χ4n) is 3.02. The summed E-state index contributed by atoms with van der Waals surface area (Å²) >= 11 is 0. The SMILES string of the molecule is CS(C)(=O)=NC(=O)[C@@H]1CCCN1C(=O)C(CC(F)F)c1ccc(F)cc1. The molecule has 1 aliphatic rings. The zero-order chi connectivity index (χ0) is 19.5. The number of benzene rings is 1. The van der Waals surface area contributed by atoms with Gasteiger partial charge in [0.15, 0.2) is 0 Å². The first-order chi connectivity index (χ1) is 12.1. The lowest BCUT2D eigenvalue weighted by Gasteiger charge is -2.27. The first-order valence-electron chi connectivity index (χ1n) is 8.13. The molecule has 144 valence electrons. The van der Waals surface area contributed by atoms with E-state index in [-0.39, 0.29) is 12.1 Å². The smallest absolute Gasteiger partial charge is 0.276 e. The van der Waals surface area contributed by atoms with Gasteiger partial charge in [-0.2, -0.15) is 4.36 Å². The molecule has 2 rings (SSSR count). The topological polar surface area (TPSA) is 66.8 Å². The molecule has 1 heterocycles.